The normalized spacial score (nSPS) is 21.7. The summed E-state index contributed by atoms with van der Waals surface area (Å²) >= 11 is 6.05. The number of halogens is 2. The van der Waals surface area contributed by atoms with E-state index in [4.69, 9.17) is 16.3 Å². The molecule has 0 aliphatic carbocycles. The van der Waals surface area contributed by atoms with E-state index in [0.717, 1.165) is 22.1 Å². The van der Waals surface area contributed by atoms with Crippen molar-refractivity contribution in [3.63, 3.8) is 0 Å². The molecule has 0 spiro atoms. The quantitative estimate of drug-likeness (QED) is 0.421. The van der Waals surface area contributed by atoms with Crippen LogP contribution >= 0.6 is 11.6 Å². The molecule has 10 nitrogen and oxygen atoms in total. The van der Waals surface area contributed by atoms with E-state index in [0.29, 0.717) is 22.9 Å². The Kier molecular flexibility index (Phi) is 6.51. The first-order valence-corrected chi connectivity index (χ1v) is 12.8. The molecule has 6 rings (SSSR count). The van der Waals surface area contributed by atoms with Crippen LogP contribution in [0.1, 0.15) is 23.6 Å². The van der Waals surface area contributed by atoms with Crippen LogP contribution in [-0.2, 0) is 14.4 Å². The largest absolute Gasteiger partial charge is 0.497 e. The Balaban J connectivity index is 1.26. The number of hydrogen-bond acceptors (Lipinski definition) is 8. The van der Waals surface area contributed by atoms with Crippen LogP contribution in [0.3, 0.4) is 0 Å². The number of carbonyl (C=O) groups excluding carboxylic acids is 3. The third kappa shape index (κ3) is 4.47. The number of anilines is 1. The summed E-state index contributed by atoms with van der Waals surface area (Å²) < 4.78 is 19.1. The van der Waals surface area contributed by atoms with Crippen molar-refractivity contribution in [2.24, 2.45) is 15.4 Å². The van der Waals surface area contributed by atoms with E-state index in [1.54, 1.807) is 31.4 Å². The Morgan fingerprint density at radius 2 is 1.80 bits per heavy atom. The lowest BCUT2D eigenvalue weighted by Gasteiger charge is -2.25. The summed E-state index contributed by atoms with van der Waals surface area (Å²) in [7, 11) is 1.57. The van der Waals surface area contributed by atoms with Crippen LogP contribution < -0.4 is 9.64 Å². The zero-order chi connectivity index (χ0) is 28.0. The van der Waals surface area contributed by atoms with Crippen LogP contribution in [0.4, 0.5) is 10.1 Å². The van der Waals surface area contributed by atoms with E-state index in [2.05, 4.69) is 15.4 Å². The van der Waals surface area contributed by atoms with Gasteiger partial charge in [-0.2, -0.15) is 10.2 Å². The molecule has 0 N–H and O–H groups in total. The van der Waals surface area contributed by atoms with Gasteiger partial charge in [0, 0.05) is 11.4 Å². The molecule has 40 heavy (non-hydrogen) atoms. The van der Waals surface area contributed by atoms with Crippen molar-refractivity contribution in [3.8, 4) is 5.75 Å². The minimum Gasteiger partial charge on any atom is -0.497 e. The van der Waals surface area contributed by atoms with Crippen LogP contribution in [0.15, 0.2) is 88.2 Å². The van der Waals surface area contributed by atoms with E-state index in [1.165, 1.54) is 28.2 Å². The van der Waals surface area contributed by atoms with Gasteiger partial charge in [-0.05, 0) is 53.6 Å². The van der Waals surface area contributed by atoms with Gasteiger partial charge in [0.25, 0.3) is 17.7 Å². The zero-order valence-corrected chi connectivity index (χ0v) is 21.9. The van der Waals surface area contributed by atoms with Gasteiger partial charge in [0.1, 0.15) is 18.1 Å². The van der Waals surface area contributed by atoms with Gasteiger partial charge < -0.3 is 4.74 Å². The Labute approximate surface area is 233 Å². The number of carbonyl (C=O) groups is 3. The number of imide groups is 1. The molecule has 3 aliphatic rings. The third-order valence-corrected chi connectivity index (χ3v) is 7.32. The smallest absolute Gasteiger partial charge is 0.264 e. The minimum atomic E-state index is -1.12. The Hall–Kier alpha value is -4.64. The number of ether oxygens (including phenoxy) is 1. The second kappa shape index (κ2) is 10.2. The average molecular weight is 561 g/mol. The topological polar surface area (TPSA) is 107 Å². The highest BCUT2D eigenvalue weighted by Gasteiger charge is 2.55. The molecule has 3 aliphatic heterocycles. The van der Waals surface area contributed by atoms with Crippen LogP contribution in [0.2, 0.25) is 5.02 Å². The molecular formula is C28H22ClFN6O4. The molecule has 1 saturated heterocycles. The fourth-order valence-corrected chi connectivity index (χ4v) is 5.20. The molecular weight excluding hydrogens is 539 g/mol. The number of benzene rings is 3. The molecule has 3 heterocycles. The zero-order valence-electron chi connectivity index (χ0n) is 21.1. The second-order valence-electron chi connectivity index (χ2n) is 9.47. The Morgan fingerprint density at radius 1 is 1.05 bits per heavy atom. The highest BCUT2D eigenvalue weighted by Crippen LogP contribution is 2.36. The van der Waals surface area contributed by atoms with Gasteiger partial charge in [0.15, 0.2) is 12.1 Å². The third-order valence-electron chi connectivity index (χ3n) is 7.07. The highest BCUT2D eigenvalue weighted by molar-refractivity contribution is 6.30. The number of nitrogens with zero attached hydrogens (tertiary/aromatic N) is 6. The predicted molar refractivity (Wildman–Crippen MR) is 143 cm³/mol. The van der Waals surface area contributed by atoms with Crippen LogP contribution in [0.25, 0.3) is 0 Å². The van der Waals surface area contributed by atoms with Gasteiger partial charge in [0.05, 0.1) is 24.6 Å². The Bertz CT molecular complexity index is 1560. The standard InChI is InChI=1S/C28H22ClFN6O4/c1-40-21-11-7-17(8-12-21)23-14-22(16-5-9-18(29)10-6-16)32-36(23)24(37)15-34-26-25(31-33-34)27(38)35(28(26)39)20-4-2-3-19(30)13-20/h2-13,23,25-26H,14-15H2,1H3/t23-,25+,26-/m1/s1. The summed E-state index contributed by atoms with van der Waals surface area (Å²) in [6, 6.07) is 17.1. The van der Waals surface area contributed by atoms with Crippen molar-refractivity contribution in [2.45, 2.75) is 24.5 Å². The van der Waals surface area contributed by atoms with Gasteiger partial charge in [-0.3, -0.25) is 19.4 Å². The summed E-state index contributed by atoms with van der Waals surface area (Å²) in [5.41, 5.74) is 2.45. The van der Waals surface area contributed by atoms with Gasteiger partial charge >= 0.3 is 0 Å². The molecule has 3 amide bonds. The maximum atomic E-state index is 13.8. The molecule has 0 unspecified atom stereocenters. The van der Waals surface area contributed by atoms with E-state index >= 15 is 0 Å². The molecule has 3 aromatic carbocycles. The molecule has 12 heteroatoms. The van der Waals surface area contributed by atoms with Crippen LogP contribution in [-0.4, -0.2) is 59.2 Å². The lowest BCUT2D eigenvalue weighted by molar-refractivity contribution is -0.135. The molecule has 0 saturated carbocycles. The number of hydrogen-bond donors (Lipinski definition) is 0. The van der Waals surface area contributed by atoms with Gasteiger partial charge in [-0.1, -0.05) is 47.2 Å². The predicted octanol–water partition coefficient (Wildman–Crippen LogP) is 4.16. The number of amides is 3. The fraction of sp³-hybridized carbons (Fsp3) is 0.214. The van der Waals surface area contributed by atoms with E-state index in [-0.39, 0.29) is 12.2 Å². The van der Waals surface area contributed by atoms with Crippen LogP contribution in [0.5, 0.6) is 5.75 Å². The van der Waals surface area contributed by atoms with Crippen molar-refractivity contribution in [1.29, 1.82) is 0 Å². The number of hydrazone groups is 1. The first-order valence-electron chi connectivity index (χ1n) is 12.4. The lowest BCUT2D eigenvalue weighted by atomic mass is 9.98. The van der Waals surface area contributed by atoms with Gasteiger partial charge in [-0.25, -0.2) is 14.3 Å². The molecule has 0 bridgehead atoms. The van der Waals surface area contributed by atoms with Gasteiger partial charge in [-0.15, -0.1) is 0 Å². The summed E-state index contributed by atoms with van der Waals surface area (Å²) in [5.74, 6) is -1.60. The molecule has 1 fully saturated rings. The summed E-state index contributed by atoms with van der Waals surface area (Å²) in [4.78, 5) is 40.8. The molecule has 0 aromatic heterocycles. The monoisotopic (exact) mass is 560 g/mol. The summed E-state index contributed by atoms with van der Waals surface area (Å²) in [6.45, 7) is -0.343. The SMILES string of the molecule is COc1ccc([C@H]2CC(c3ccc(Cl)cc3)=NN2C(=O)CN2N=N[C@@H]3C(=O)N(c4cccc(F)c4)C(=O)[C@@H]32)cc1. The molecule has 3 aromatic rings. The molecule has 202 valence electrons. The number of fused-ring (bicyclic) bond motifs is 1. The molecule has 0 radical (unpaired) electrons. The summed E-state index contributed by atoms with van der Waals surface area (Å²) in [6.07, 6.45) is 0.442. The number of methoxy groups -OCH3 is 1. The van der Waals surface area contributed by atoms with Crippen molar-refractivity contribution in [1.82, 2.24) is 10.0 Å². The van der Waals surface area contributed by atoms with Crippen LogP contribution in [0, 0.1) is 5.82 Å². The lowest BCUT2D eigenvalue weighted by Crippen LogP contribution is -2.44. The first kappa shape index (κ1) is 25.6. The Morgan fingerprint density at radius 3 is 2.50 bits per heavy atom. The second-order valence-corrected chi connectivity index (χ2v) is 9.91. The number of rotatable bonds is 6. The van der Waals surface area contributed by atoms with Crippen molar-refractivity contribution in [2.75, 3.05) is 18.6 Å². The summed E-state index contributed by atoms with van der Waals surface area (Å²) in [5, 5.41) is 15.7. The minimum absolute atomic E-state index is 0.0993. The van der Waals surface area contributed by atoms with Gasteiger partial charge in [0.2, 0.25) is 0 Å². The van der Waals surface area contributed by atoms with E-state index in [9.17, 15) is 18.8 Å². The van der Waals surface area contributed by atoms with Crippen molar-refractivity contribution in [3.05, 3.63) is 94.8 Å². The maximum Gasteiger partial charge on any atom is 0.264 e. The molecule has 3 atom stereocenters. The fourth-order valence-electron chi connectivity index (χ4n) is 5.08. The maximum absolute atomic E-state index is 13.8. The van der Waals surface area contributed by atoms with Crippen molar-refractivity contribution >= 4 is 40.7 Å². The highest BCUT2D eigenvalue weighted by atomic mass is 35.5. The van der Waals surface area contributed by atoms with E-state index < -0.39 is 41.7 Å². The van der Waals surface area contributed by atoms with Crippen molar-refractivity contribution < 1.29 is 23.5 Å². The van der Waals surface area contributed by atoms with E-state index in [1.807, 2.05) is 24.3 Å². The first-order chi connectivity index (χ1) is 19.3. The average Bonchev–Trinajstić information content (AvgIpc) is 3.64.